The average Bonchev–Trinajstić information content (AvgIpc) is 3.21. The lowest BCUT2D eigenvalue weighted by molar-refractivity contribution is 0.0696. The fourth-order valence-corrected chi connectivity index (χ4v) is 5.37. The summed E-state index contributed by atoms with van der Waals surface area (Å²) in [6, 6.07) is 14.4. The maximum Gasteiger partial charge on any atom is 0.335 e. The number of aryl methyl sites for hydroxylation is 2. The molecule has 0 fully saturated rings. The molecule has 0 unspecified atom stereocenters. The van der Waals surface area contributed by atoms with Crippen molar-refractivity contribution >= 4 is 23.2 Å². The number of nitrogens with one attached hydrogen (secondary N) is 1. The number of amides is 1. The zero-order chi connectivity index (χ0) is 23.4. The summed E-state index contributed by atoms with van der Waals surface area (Å²) in [6.45, 7) is 3.07. The van der Waals surface area contributed by atoms with Crippen LogP contribution in [0.2, 0.25) is 0 Å². The van der Waals surface area contributed by atoms with Gasteiger partial charge in [-0.05, 0) is 67.1 Å². The van der Waals surface area contributed by atoms with E-state index in [2.05, 4.69) is 11.4 Å². The molecular formula is C26H27NO5S. The minimum Gasteiger partial charge on any atom is -0.497 e. The van der Waals surface area contributed by atoms with Gasteiger partial charge in [0, 0.05) is 9.75 Å². The molecule has 2 aromatic carbocycles. The fraction of sp³-hybridized carbons (Fsp3) is 0.308. The first-order valence-corrected chi connectivity index (χ1v) is 11.8. The molecule has 1 aliphatic rings. The van der Waals surface area contributed by atoms with Gasteiger partial charge < -0.3 is 19.9 Å². The summed E-state index contributed by atoms with van der Waals surface area (Å²) >= 11 is 1.67. The van der Waals surface area contributed by atoms with E-state index in [1.165, 1.54) is 0 Å². The number of carboxylic acid groups (broad SMARTS) is 1. The van der Waals surface area contributed by atoms with Gasteiger partial charge in [0.15, 0.2) is 0 Å². The Morgan fingerprint density at radius 1 is 1.18 bits per heavy atom. The van der Waals surface area contributed by atoms with E-state index in [1.807, 2.05) is 25.1 Å². The predicted molar refractivity (Wildman–Crippen MR) is 127 cm³/mol. The highest BCUT2D eigenvalue weighted by Crippen LogP contribution is 2.34. The van der Waals surface area contributed by atoms with E-state index in [9.17, 15) is 9.59 Å². The van der Waals surface area contributed by atoms with Crippen molar-refractivity contribution < 1.29 is 24.2 Å². The van der Waals surface area contributed by atoms with Crippen molar-refractivity contribution in [2.45, 2.75) is 38.8 Å². The van der Waals surface area contributed by atoms with E-state index in [4.69, 9.17) is 14.6 Å². The van der Waals surface area contributed by atoms with Crippen LogP contribution in [0, 0.1) is 0 Å². The SMILES string of the molecule is COc1cccc(CCc2sc3c(c2C(=O)N[C@@H](C)c2ccc(C(=O)O)cc2)CCOC3)c1. The molecule has 1 aliphatic heterocycles. The summed E-state index contributed by atoms with van der Waals surface area (Å²) < 4.78 is 11.0. The minimum atomic E-state index is -0.967. The van der Waals surface area contributed by atoms with Crippen molar-refractivity contribution in [1.82, 2.24) is 5.32 Å². The number of hydrogen-bond donors (Lipinski definition) is 2. The molecule has 1 amide bonds. The molecule has 0 saturated carbocycles. The molecule has 1 atom stereocenters. The maximum atomic E-state index is 13.4. The fourth-order valence-electron chi connectivity index (χ4n) is 4.08. The normalized spacial score (nSPS) is 13.8. The Balaban J connectivity index is 1.54. The van der Waals surface area contributed by atoms with Crippen molar-refractivity contribution in [3.63, 3.8) is 0 Å². The van der Waals surface area contributed by atoms with Crippen LogP contribution in [0.25, 0.3) is 0 Å². The van der Waals surface area contributed by atoms with Crippen LogP contribution in [-0.2, 0) is 30.6 Å². The molecule has 0 aliphatic carbocycles. The summed E-state index contributed by atoms with van der Waals surface area (Å²) in [4.78, 5) is 26.7. The molecule has 4 rings (SSSR count). The highest BCUT2D eigenvalue weighted by atomic mass is 32.1. The number of aromatic carboxylic acids is 1. The molecular weight excluding hydrogens is 438 g/mol. The summed E-state index contributed by atoms with van der Waals surface area (Å²) in [5.74, 6) is -0.233. The standard InChI is InChI=1S/C26H27NO5S/c1-16(18-7-9-19(10-8-18)26(29)30)27-25(28)24-21-12-13-32-15-23(21)33-22(24)11-6-17-4-3-5-20(14-17)31-2/h3-5,7-10,14,16H,6,11-13,15H2,1-2H3,(H,27,28)(H,29,30)/t16-/m0/s1. The monoisotopic (exact) mass is 465 g/mol. The van der Waals surface area contributed by atoms with Crippen LogP contribution in [-0.4, -0.2) is 30.7 Å². The van der Waals surface area contributed by atoms with E-state index >= 15 is 0 Å². The summed E-state index contributed by atoms with van der Waals surface area (Å²) in [5, 5.41) is 12.2. The molecule has 6 nitrogen and oxygen atoms in total. The Hall–Kier alpha value is -3.16. The van der Waals surface area contributed by atoms with Gasteiger partial charge in [-0.25, -0.2) is 4.79 Å². The Bertz CT molecular complexity index is 1150. The average molecular weight is 466 g/mol. The quantitative estimate of drug-likeness (QED) is 0.499. The van der Waals surface area contributed by atoms with Gasteiger partial charge in [0.1, 0.15) is 5.75 Å². The van der Waals surface area contributed by atoms with Gasteiger partial charge in [-0.1, -0.05) is 24.3 Å². The second-order valence-corrected chi connectivity index (χ2v) is 9.27. The molecule has 2 N–H and O–H groups in total. The second kappa shape index (κ2) is 10.2. The molecule has 2 heterocycles. The van der Waals surface area contributed by atoms with Crippen molar-refractivity contribution in [2.75, 3.05) is 13.7 Å². The second-order valence-electron chi connectivity index (χ2n) is 8.08. The smallest absolute Gasteiger partial charge is 0.335 e. The first-order chi connectivity index (χ1) is 16.0. The van der Waals surface area contributed by atoms with E-state index in [0.29, 0.717) is 13.2 Å². The number of methoxy groups -OCH3 is 1. The Morgan fingerprint density at radius 2 is 1.97 bits per heavy atom. The predicted octanol–water partition coefficient (Wildman–Crippen LogP) is 4.80. The summed E-state index contributed by atoms with van der Waals surface area (Å²) in [5.41, 5.74) is 4.12. The molecule has 0 saturated heterocycles. The van der Waals surface area contributed by atoms with Gasteiger partial charge in [0.05, 0.1) is 37.5 Å². The number of carbonyl (C=O) groups excluding carboxylic acids is 1. The van der Waals surface area contributed by atoms with Crippen LogP contribution in [0.4, 0.5) is 0 Å². The van der Waals surface area contributed by atoms with Gasteiger partial charge in [-0.2, -0.15) is 0 Å². The van der Waals surface area contributed by atoms with Crippen LogP contribution >= 0.6 is 11.3 Å². The number of hydrogen-bond acceptors (Lipinski definition) is 5. The molecule has 172 valence electrons. The maximum absolute atomic E-state index is 13.4. The zero-order valence-corrected chi connectivity index (χ0v) is 19.5. The lowest BCUT2D eigenvalue weighted by Gasteiger charge is -2.17. The Labute approximate surface area is 197 Å². The highest BCUT2D eigenvalue weighted by Gasteiger charge is 2.26. The van der Waals surface area contributed by atoms with Crippen LogP contribution in [0.3, 0.4) is 0 Å². The minimum absolute atomic E-state index is 0.0927. The van der Waals surface area contributed by atoms with Crippen LogP contribution in [0.5, 0.6) is 5.75 Å². The van der Waals surface area contributed by atoms with Crippen LogP contribution in [0.1, 0.15) is 60.1 Å². The lowest BCUT2D eigenvalue weighted by atomic mass is 9.99. The first-order valence-electron chi connectivity index (χ1n) is 10.9. The first kappa shape index (κ1) is 23.0. The summed E-state index contributed by atoms with van der Waals surface area (Å²) in [6.07, 6.45) is 2.30. The molecule has 0 spiro atoms. The van der Waals surface area contributed by atoms with E-state index in [1.54, 1.807) is 42.7 Å². The molecule has 0 radical (unpaired) electrons. The number of ether oxygens (including phenoxy) is 2. The number of carboxylic acids is 1. The van der Waals surface area contributed by atoms with Crippen molar-refractivity contribution in [2.24, 2.45) is 0 Å². The number of fused-ring (bicyclic) bond motifs is 1. The molecule has 1 aromatic heterocycles. The largest absolute Gasteiger partial charge is 0.497 e. The van der Waals surface area contributed by atoms with Gasteiger partial charge >= 0.3 is 5.97 Å². The Kier molecular flexibility index (Phi) is 7.11. The number of benzene rings is 2. The third-order valence-electron chi connectivity index (χ3n) is 5.90. The van der Waals surface area contributed by atoms with Gasteiger partial charge in [0.2, 0.25) is 0 Å². The third-order valence-corrected chi connectivity index (χ3v) is 7.17. The van der Waals surface area contributed by atoms with Crippen LogP contribution < -0.4 is 10.1 Å². The lowest BCUT2D eigenvalue weighted by Crippen LogP contribution is -2.28. The zero-order valence-electron chi connectivity index (χ0n) is 18.7. The van der Waals surface area contributed by atoms with Crippen molar-refractivity contribution in [3.8, 4) is 5.75 Å². The van der Waals surface area contributed by atoms with E-state index in [-0.39, 0.29) is 17.5 Å². The van der Waals surface area contributed by atoms with Crippen molar-refractivity contribution in [3.05, 3.63) is 86.1 Å². The molecule has 33 heavy (non-hydrogen) atoms. The number of carbonyl (C=O) groups is 2. The van der Waals surface area contributed by atoms with Gasteiger partial charge in [0.25, 0.3) is 5.91 Å². The van der Waals surface area contributed by atoms with Gasteiger partial charge in [-0.15, -0.1) is 11.3 Å². The van der Waals surface area contributed by atoms with E-state index < -0.39 is 5.97 Å². The summed E-state index contributed by atoms with van der Waals surface area (Å²) in [7, 11) is 1.66. The van der Waals surface area contributed by atoms with Gasteiger partial charge in [-0.3, -0.25) is 4.79 Å². The topological polar surface area (TPSA) is 84.9 Å². The Morgan fingerprint density at radius 3 is 2.70 bits per heavy atom. The van der Waals surface area contributed by atoms with E-state index in [0.717, 1.165) is 57.0 Å². The molecule has 3 aromatic rings. The molecule has 0 bridgehead atoms. The van der Waals surface area contributed by atoms with Crippen molar-refractivity contribution in [1.29, 1.82) is 0 Å². The van der Waals surface area contributed by atoms with Crippen LogP contribution in [0.15, 0.2) is 48.5 Å². The number of rotatable bonds is 8. The molecule has 7 heteroatoms. The number of thiophene rings is 1. The highest BCUT2D eigenvalue weighted by molar-refractivity contribution is 7.12. The third kappa shape index (κ3) is 5.26.